The maximum Gasteiger partial charge on any atom is 0.262 e. The van der Waals surface area contributed by atoms with E-state index in [2.05, 4.69) is 21.2 Å². The Bertz CT molecular complexity index is 1310. The van der Waals surface area contributed by atoms with Gasteiger partial charge in [-0.3, -0.25) is 9.59 Å². The van der Waals surface area contributed by atoms with Crippen molar-refractivity contribution in [1.82, 2.24) is 0 Å². The molecule has 1 N–H and O–H groups in total. The average Bonchev–Trinajstić information content (AvgIpc) is 3.20. The van der Waals surface area contributed by atoms with Crippen LogP contribution in [0.15, 0.2) is 75.6 Å². The van der Waals surface area contributed by atoms with Gasteiger partial charge in [-0.2, -0.15) is 0 Å². The second kappa shape index (κ2) is 9.79. The van der Waals surface area contributed by atoms with Gasteiger partial charge in [0.1, 0.15) is 22.8 Å². The average molecular weight is 510 g/mol. The van der Waals surface area contributed by atoms with Crippen LogP contribution in [0.3, 0.4) is 0 Å². The maximum atomic E-state index is 13.3. The zero-order chi connectivity index (χ0) is 23.4. The number of ketones is 1. The second-order valence-electron chi connectivity index (χ2n) is 6.99. The van der Waals surface area contributed by atoms with Crippen LogP contribution in [0.4, 0.5) is 5.69 Å². The summed E-state index contributed by atoms with van der Waals surface area (Å²) < 4.78 is 22.4. The number of halogens is 1. The van der Waals surface area contributed by atoms with Crippen molar-refractivity contribution in [3.8, 4) is 17.2 Å². The van der Waals surface area contributed by atoms with Crippen LogP contribution in [-0.4, -0.2) is 32.5 Å². The predicted molar refractivity (Wildman–Crippen MR) is 127 cm³/mol. The first-order valence-corrected chi connectivity index (χ1v) is 10.8. The summed E-state index contributed by atoms with van der Waals surface area (Å²) in [5.74, 6) is 1.03. The fraction of sp³-hybridized carbons (Fsp3) is 0.120. The Labute approximate surface area is 198 Å². The Hall–Kier alpha value is -3.78. The molecular weight excluding hydrogens is 490 g/mol. The minimum absolute atomic E-state index is 0.0334. The first-order chi connectivity index (χ1) is 16.0. The molecular formula is C25H20BrNO6. The molecule has 3 aromatic carbocycles. The highest BCUT2D eigenvalue weighted by Crippen LogP contribution is 2.34. The number of nitrogens with one attached hydrogen (secondary N) is 1. The van der Waals surface area contributed by atoms with Crippen molar-refractivity contribution in [2.45, 2.75) is 0 Å². The summed E-state index contributed by atoms with van der Waals surface area (Å²) in [7, 11) is 3.12. The molecule has 0 aliphatic heterocycles. The minimum Gasteiger partial charge on any atom is -0.497 e. The molecule has 0 spiro atoms. The van der Waals surface area contributed by atoms with Crippen molar-refractivity contribution in [1.29, 1.82) is 0 Å². The van der Waals surface area contributed by atoms with Crippen molar-refractivity contribution in [3.63, 3.8) is 0 Å². The summed E-state index contributed by atoms with van der Waals surface area (Å²) in [5, 5.41) is 3.39. The zero-order valence-corrected chi connectivity index (χ0v) is 19.5. The lowest BCUT2D eigenvalue weighted by molar-refractivity contribution is -0.118. The summed E-state index contributed by atoms with van der Waals surface area (Å²) in [4.78, 5) is 25.9. The second-order valence-corrected chi connectivity index (χ2v) is 7.85. The first-order valence-electron chi connectivity index (χ1n) is 9.96. The Morgan fingerprint density at radius 3 is 2.36 bits per heavy atom. The number of ether oxygens (including phenoxy) is 3. The molecule has 0 radical (unpaired) electrons. The normalized spacial score (nSPS) is 10.6. The van der Waals surface area contributed by atoms with Crippen LogP contribution in [0.2, 0.25) is 0 Å². The van der Waals surface area contributed by atoms with Crippen LogP contribution >= 0.6 is 15.9 Å². The third-order valence-electron chi connectivity index (χ3n) is 4.91. The molecule has 7 nitrogen and oxygen atoms in total. The summed E-state index contributed by atoms with van der Waals surface area (Å²) in [6, 6.07) is 19.0. The number of rotatable bonds is 8. The van der Waals surface area contributed by atoms with Crippen LogP contribution in [-0.2, 0) is 4.79 Å². The first kappa shape index (κ1) is 22.4. The Morgan fingerprint density at radius 1 is 0.939 bits per heavy atom. The molecule has 4 rings (SSSR count). The molecule has 1 aromatic heterocycles. The summed E-state index contributed by atoms with van der Waals surface area (Å²) in [6.45, 7) is -0.243. The van der Waals surface area contributed by atoms with E-state index in [0.717, 1.165) is 0 Å². The smallest absolute Gasteiger partial charge is 0.262 e. The van der Waals surface area contributed by atoms with E-state index in [9.17, 15) is 9.59 Å². The van der Waals surface area contributed by atoms with Gasteiger partial charge in [-0.25, -0.2) is 0 Å². The van der Waals surface area contributed by atoms with Crippen molar-refractivity contribution in [3.05, 3.63) is 82.5 Å². The summed E-state index contributed by atoms with van der Waals surface area (Å²) in [5.41, 5.74) is 1.16. The molecule has 0 atom stereocenters. The standard InChI is InChI=1S/C25H20BrNO6/c1-30-16-8-10-17(11-9-16)32-14-22(28)27-23-18-5-3-4-6-20(18)33-25(23)24(29)15-7-12-21(31-2)19(26)13-15/h3-13H,14H2,1-2H3,(H,27,28). The highest BCUT2D eigenvalue weighted by molar-refractivity contribution is 9.10. The Morgan fingerprint density at radius 2 is 1.67 bits per heavy atom. The van der Waals surface area contributed by atoms with E-state index < -0.39 is 5.91 Å². The van der Waals surface area contributed by atoms with Gasteiger partial charge in [0.25, 0.3) is 5.91 Å². The number of hydrogen-bond acceptors (Lipinski definition) is 6. The molecule has 0 unspecified atom stereocenters. The molecule has 1 amide bonds. The van der Waals surface area contributed by atoms with E-state index in [1.54, 1.807) is 80.9 Å². The van der Waals surface area contributed by atoms with Gasteiger partial charge in [0.2, 0.25) is 5.78 Å². The van der Waals surface area contributed by atoms with Gasteiger partial charge >= 0.3 is 0 Å². The maximum absolute atomic E-state index is 13.3. The van der Waals surface area contributed by atoms with E-state index in [4.69, 9.17) is 18.6 Å². The molecule has 33 heavy (non-hydrogen) atoms. The van der Waals surface area contributed by atoms with E-state index in [0.29, 0.717) is 43.9 Å². The molecule has 0 saturated heterocycles. The number of fused-ring (bicyclic) bond motifs is 1. The molecule has 0 aliphatic carbocycles. The molecule has 0 saturated carbocycles. The number of anilines is 1. The number of para-hydroxylation sites is 1. The number of furan rings is 1. The molecule has 8 heteroatoms. The van der Waals surface area contributed by atoms with Gasteiger partial charge in [-0.15, -0.1) is 0 Å². The van der Waals surface area contributed by atoms with Crippen LogP contribution < -0.4 is 19.5 Å². The third kappa shape index (κ3) is 4.85. The van der Waals surface area contributed by atoms with E-state index in [1.165, 1.54) is 0 Å². The lowest BCUT2D eigenvalue weighted by Gasteiger charge is -2.09. The van der Waals surface area contributed by atoms with Crippen LogP contribution in [0, 0.1) is 0 Å². The lowest BCUT2D eigenvalue weighted by atomic mass is 10.1. The van der Waals surface area contributed by atoms with Crippen molar-refractivity contribution < 1.29 is 28.2 Å². The molecule has 0 bridgehead atoms. The number of benzene rings is 3. The molecule has 1 heterocycles. The topological polar surface area (TPSA) is 87.0 Å². The van der Waals surface area contributed by atoms with Gasteiger partial charge < -0.3 is 23.9 Å². The van der Waals surface area contributed by atoms with E-state index in [-0.39, 0.29) is 18.2 Å². The van der Waals surface area contributed by atoms with Gasteiger partial charge in [0.05, 0.1) is 24.4 Å². The van der Waals surface area contributed by atoms with Crippen molar-refractivity contribution >= 4 is 44.3 Å². The molecule has 0 aliphatic rings. The fourth-order valence-electron chi connectivity index (χ4n) is 3.26. The quantitative estimate of drug-likeness (QED) is 0.317. The number of methoxy groups -OCH3 is 2. The highest BCUT2D eigenvalue weighted by Gasteiger charge is 2.24. The monoisotopic (exact) mass is 509 g/mol. The third-order valence-corrected chi connectivity index (χ3v) is 5.53. The SMILES string of the molecule is COc1ccc(OCC(=O)Nc2c(C(=O)c3ccc(OC)c(Br)c3)oc3ccccc23)cc1. The fourth-order valence-corrected chi connectivity index (χ4v) is 3.81. The number of carbonyl (C=O) groups excluding carboxylic acids is 2. The molecule has 4 aromatic rings. The van der Waals surface area contributed by atoms with E-state index >= 15 is 0 Å². The van der Waals surface area contributed by atoms with E-state index in [1.807, 2.05) is 0 Å². The van der Waals surface area contributed by atoms with Crippen molar-refractivity contribution in [2.24, 2.45) is 0 Å². The predicted octanol–water partition coefficient (Wildman–Crippen LogP) is 5.46. The summed E-state index contributed by atoms with van der Waals surface area (Å²) >= 11 is 3.39. The minimum atomic E-state index is -0.428. The van der Waals surface area contributed by atoms with Gasteiger partial charge in [-0.1, -0.05) is 12.1 Å². The highest BCUT2D eigenvalue weighted by atomic mass is 79.9. The number of amides is 1. The van der Waals surface area contributed by atoms with Crippen LogP contribution in [0.5, 0.6) is 17.2 Å². The van der Waals surface area contributed by atoms with Gasteiger partial charge in [-0.05, 0) is 70.5 Å². The zero-order valence-electron chi connectivity index (χ0n) is 17.9. The summed E-state index contributed by atoms with van der Waals surface area (Å²) in [6.07, 6.45) is 0. The van der Waals surface area contributed by atoms with Crippen molar-refractivity contribution in [2.75, 3.05) is 26.1 Å². The van der Waals surface area contributed by atoms with Gasteiger partial charge in [0, 0.05) is 10.9 Å². The number of hydrogen-bond donors (Lipinski definition) is 1. The largest absolute Gasteiger partial charge is 0.497 e. The Kier molecular flexibility index (Phi) is 6.65. The van der Waals surface area contributed by atoms with Crippen LogP contribution in [0.25, 0.3) is 11.0 Å². The Balaban J connectivity index is 1.58. The molecule has 168 valence electrons. The van der Waals surface area contributed by atoms with Crippen LogP contribution in [0.1, 0.15) is 16.1 Å². The molecule has 0 fully saturated rings. The van der Waals surface area contributed by atoms with Gasteiger partial charge in [0.15, 0.2) is 12.4 Å². The number of carbonyl (C=O) groups is 2. The lowest BCUT2D eigenvalue weighted by Crippen LogP contribution is -2.21.